The van der Waals surface area contributed by atoms with Crippen molar-refractivity contribution in [3.8, 4) is 39.7 Å². The highest BCUT2D eigenvalue weighted by Gasteiger charge is 2.18. The molecule has 0 fully saturated rings. The van der Waals surface area contributed by atoms with Crippen LogP contribution in [0.2, 0.25) is 0 Å². The van der Waals surface area contributed by atoms with Gasteiger partial charge in [-0.15, -0.1) is 0 Å². The van der Waals surface area contributed by atoms with E-state index in [2.05, 4.69) is 34.9 Å². The first-order valence-corrected chi connectivity index (χ1v) is 15.7. The van der Waals surface area contributed by atoms with E-state index in [4.69, 9.17) is 9.72 Å². The van der Waals surface area contributed by atoms with Crippen molar-refractivity contribution in [3.05, 3.63) is 109 Å². The van der Waals surface area contributed by atoms with E-state index < -0.39 is 15.8 Å². The molecule has 224 valence electrons. The third-order valence-corrected chi connectivity index (χ3v) is 7.80. The molecular weight excluding hydrogens is 595 g/mol. The summed E-state index contributed by atoms with van der Waals surface area (Å²) in [5.41, 5.74) is 6.53. The van der Waals surface area contributed by atoms with Crippen LogP contribution in [0.1, 0.15) is 11.1 Å². The van der Waals surface area contributed by atoms with E-state index in [1.54, 1.807) is 37.1 Å². The van der Waals surface area contributed by atoms with Gasteiger partial charge in [-0.25, -0.2) is 22.5 Å². The molecular formula is C32H25FN8O3S. The van der Waals surface area contributed by atoms with Crippen molar-refractivity contribution in [1.82, 2.24) is 39.8 Å². The number of imidazole rings is 1. The molecule has 0 spiro atoms. The van der Waals surface area contributed by atoms with Gasteiger partial charge in [-0.3, -0.25) is 20.1 Å². The molecule has 0 bridgehead atoms. The van der Waals surface area contributed by atoms with E-state index in [-0.39, 0.29) is 6.54 Å². The average molecular weight is 621 g/mol. The van der Waals surface area contributed by atoms with Gasteiger partial charge >= 0.3 is 0 Å². The fraction of sp³-hybridized carbons (Fsp3) is 0.0938. The highest BCUT2D eigenvalue weighted by molar-refractivity contribution is 7.88. The van der Waals surface area contributed by atoms with Gasteiger partial charge in [0.2, 0.25) is 10.0 Å². The van der Waals surface area contributed by atoms with Gasteiger partial charge in [0.1, 0.15) is 23.9 Å². The summed E-state index contributed by atoms with van der Waals surface area (Å²) >= 11 is 0. The zero-order valence-electron chi connectivity index (χ0n) is 23.8. The highest BCUT2D eigenvalue weighted by atomic mass is 32.2. The van der Waals surface area contributed by atoms with Crippen LogP contribution >= 0.6 is 0 Å². The smallest absolute Gasteiger partial charge is 0.209 e. The first-order valence-electron chi connectivity index (χ1n) is 13.8. The largest absolute Gasteiger partial charge is 0.487 e. The van der Waals surface area contributed by atoms with Crippen LogP contribution in [0.4, 0.5) is 4.39 Å². The van der Waals surface area contributed by atoms with Crippen molar-refractivity contribution >= 4 is 32.0 Å². The van der Waals surface area contributed by atoms with E-state index >= 15 is 0 Å². The number of hydrogen-bond donors (Lipinski definition) is 3. The number of halogens is 1. The van der Waals surface area contributed by atoms with Gasteiger partial charge in [-0.05, 0) is 47.0 Å². The summed E-state index contributed by atoms with van der Waals surface area (Å²) in [4.78, 5) is 21.4. The molecule has 0 radical (unpaired) electrons. The van der Waals surface area contributed by atoms with Crippen molar-refractivity contribution in [2.45, 2.75) is 13.2 Å². The summed E-state index contributed by atoms with van der Waals surface area (Å²) in [5.74, 6) is 0.597. The van der Waals surface area contributed by atoms with E-state index in [1.807, 2.05) is 42.5 Å². The molecule has 0 aliphatic carbocycles. The number of pyridine rings is 3. The van der Waals surface area contributed by atoms with Gasteiger partial charge in [0.15, 0.2) is 5.82 Å². The summed E-state index contributed by atoms with van der Waals surface area (Å²) in [6, 6.07) is 18.0. The maximum Gasteiger partial charge on any atom is 0.209 e. The van der Waals surface area contributed by atoms with Crippen LogP contribution < -0.4 is 9.46 Å². The summed E-state index contributed by atoms with van der Waals surface area (Å²) in [6.07, 6.45) is 9.37. The SMILES string of the molecule is CS(=O)(=O)NCc1cc(F)cc(-c2cncc3[nH]c(-c4n[nH]c5cnc(-c6cncc(OCc7ccccc7)c6)cc45)nc23)c1. The summed E-state index contributed by atoms with van der Waals surface area (Å²) < 4.78 is 46.1. The maximum absolute atomic E-state index is 14.6. The molecule has 5 heterocycles. The monoisotopic (exact) mass is 620 g/mol. The van der Waals surface area contributed by atoms with Crippen molar-refractivity contribution in [3.63, 3.8) is 0 Å². The standard InChI is InChI=1S/C32H25FN8O3S/c1-45(42,43)37-12-20-7-21(9-23(33)8-20)26-15-35-16-29-30(26)39-32(38-29)31-25-11-27(36-17-28(25)40-41-31)22-10-24(14-34-13-22)44-18-19-5-3-2-4-6-19/h2-11,13-17,37H,12,18H2,1H3,(H,38,39)(H,40,41). The third-order valence-electron chi connectivity index (χ3n) is 7.13. The average Bonchev–Trinajstić information content (AvgIpc) is 3.67. The Morgan fingerprint density at radius 3 is 2.58 bits per heavy atom. The number of sulfonamides is 1. The van der Waals surface area contributed by atoms with Crippen molar-refractivity contribution < 1.29 is 17.5 Å². The van der Waals surface area contributed by atoms with Crippen LogP contribution in [-0.2, 0) is 23.2 Å². The second-order valence-corrected chi connectivity index (χ2v) is 12.3. The Morgan fingerprint density at radius 2 is 1.73 bits per heavy atom. The lowest BCUT2D eigenvalue weighted by molar-refractivity contribution is 0.305. The number of nitrogens with one attached hydrogen (secondary N) is 3. The normalized spacial score (nSPS) is 11.8. The van der Waals surface area contributed by atoms with Crippen molar-refractivity contribution in [2.75, 3.05) is 6.26 Å². The Balaban J connectivity index is 1.22. The number of ether oxygens (including phenoxy) is 1. The van der Waals surface area contributed by atoms with Crippen LogP contribution in [0.15, 0.2) is 91.6 Å². The molecule has 45 heavy (non-hydrogen) atoms. The fourth-order valence-electron chi connectivity index (χ4n) is 5.01. The van der Waals surface area contributed by atoms with Gasteiger partial charge in [0.05, 0.1) is 47.1 Å². The van der Waals surface area contributed by atoms with E-state index in [0.717, 1.165) is 22.8 Å². The minimum Gasteiger partial charge on any atom is -0.487 e. The quantitative estimate of drug-likeness (QED) is 0.194. The second kappa shape index (κ2) is 11.5. The molecule has 0 saturated heterocycles. The number of benzene rings is 2. The lowest BCUT2D eigenvalue weighted by Gasteiger charge is -2.08. The number of H-pyrrole nitrogens is 2. The molecule has 2 aromatic carbocycles. The topological polar surface area (TPSA) is 151 Å². The first kappa shape index (κ1) is 28.3. The Labute approximate surface area is 256 Å². The molecule has 7 rings (SSSR count). The number of aromatic amines is 2. The predicted molar refractivity (Wildman–Crippen MR) is 168 cm³/mol. The van der Waals surface area contributed by atoms with Gasteiger partial charge in [-0.2, -0.15) is 5.10 Å². The van der Waals surface area contributed by atoms with E-state index in [9.17, 15) is 12.8 Å². The van der Waals surface area contributed by atoms with Crippen LogP contribution in [0.5, 0.6) is 5.75 Å². The van der Waals surface area contributed by atoms with Crippen LogP contribution in [-0.4, -0.2) is 49.8 Å². The Kier molecular flexibility index (Phi) is 7.23. The van der Waals surface area contributed by atoms with Gasteiger partial charge in [0.25, 0.3) is 0 Å². The van der Waals surface area contributed by atoms with Gasteiger partial charge in [0, 0.05) is 35.5 Å². The molecule has 0 aliphatic heterocycles. The van der Waals surface area contributed by atoms with Crippen molar-refractivity contribution in [2.24, 2.45) is 0 Å². The number of fused-ring (bicyclic) bond motifs is 2. The van der Waals surface area contributed by atoms with E-state index in [0.29, 0.717) is 62.8 Å². The molecule has 0 unspecified atom stereocenters. The molecule has 11 nitrogen and oxygen atoms in total. The van der Waals surface area contributed by atoms with Crippen LogP contribution in [0.3, 0.4) is 0 Å². The number of aromatic nitrogens is 7. The number of hydrogen-bond acceptors (Lipinski definition) is 8. The minimum absolute atomic E-state index is 0.0496. The number of rotatable bonds is 9. The maximum atomic E-state index is 14.6. The summed E-state index contributed by atoms with van der Waals surface area (Å²) in [6.45, 7) is 0.369. The van der Waals surface area contributed by atoms with Gasteiger partial charge < -0.3 is 9.72 Å². The molecule has 0 saturated carbocycles. The number of nitrogens with zero attached hydrogens (tertiary/aromatic N) is 5. The lowest BCUT2D eigenvalue weighted by Crippen LogP contribution is -2.21. The zero-order valence-corrected chi connectivity index (χ0v) is 24.6. The second-order valence-electron chi connectivity index (χ2n) is 10.5. The van der Waals surface area contributed by atoms with E-state index in [1.165, 1.54) is 12.1 Å². The Hall–Kier alpha value is -5.53. The zero-order chi connectivity index (χ0) is 31.0. The molecule has 0 amide bonds. The summed E-state index contributed by atoms with van der Waals surface area (Å²) in [7, 11) is -3.45. The van der Waals surface area contributed by atoms with Crippen LogP contribution in [0, 0.1) is 5.82 Å². The molecule has 13 heteroatoms. The Bertz CT molecular complexity index is 2290. The van der Waals surface area contributed by atoms with Crippen molar-refractivity contribution in [1.29, 1.82) is 0 Å². The van der Waals surface area contributed by atoms with Crippen LogP contribution in [0.25, 0.3) is 55.8 Å². The summed E-state index contributed by atoms with van der Waals surface area (Å²) in [5, 5.41) is 8.30. The lowest BCUT2D eigenvalue weighted by atomic mass is 10.0. The highest BCUT2D eigenvalue weighted by Crippen LogP contribution is 2.33. The fourth-order valence-corrected chi connectivity index (χ4v) is 5.44. The minimum atomic E-state index is -3.45. The Morgan fingerprint density at radius 1 is 0.889 bits per heavy atom. The molecule has 0 aliphatic rings. The third kappa shape index (κ3) is 6.12. The molecule has 3 N–H and O–H groups in total. The molecule has 5 aromatic heterocycles. The first-order chi connectivity index (χ1) is 21.8. The molecule has 0 atom stereocenters. The molecule has 7 aromatic rings. The predicted octanol–water partition coefficient (Wildman–Crippen LogP) is 5.39. The van der Waals surface area contributed by atoms with Gasteiger partial charge in [-0.1, -0.05) is 30.3 Å².